The van der Waals surface area contributed by atoms with Crippen molar-refractivity contribution in [3.05, 3.63) is 45.5 Å². The van der Waals surface area contributed by atoms with Gasteiger partial charge in [0.1, 0.15) is 11.2 Å². The minimum Gasteiger partial charge on any atom is -0.341 e. The first-order valence-corrected chi connectivity index (χ1v) is 10.1. The second-order valence-electron chi connectivity index (χ2n) is 7.61. The Labute approximate surface area is 163 Å². The summed E-state index contributed by atoms with van der Waals surface area (Å²) in [7, 11) is 0. The Morgan fingerprint density at radius 2 is 1.96 bits per heavy atom. The van der Waals surface area contributed by atoms with E-state index in [9.17, 15) is 9.59 Å². The van der Waals surface area contributed by atoms with E-state index in [0.717, 1.165) is 51.7 Å². The summed E-state index contributed by atoms with van der Waals surface area (Å²) in [4.78, 5) is 34.6. The average molecular weight is 389 g/mol. The molecule has 2 aromatic rings. The van der Waals surface area contributed by atoms with E-state index >= 15 is 0 Å². The molecular formula is C20H25ClN4O2. The molecule has 0 bridgehead atoms. The summed E-state index contributed by atoms with van der Waals surface area (Å²) in [6.07, 6.45) is 6.40. The topological polar surface area (TPSA) is 57.9 Å². The quantitative estimate of drug-likeness (QED) is 0.808. The number of hydrogen-bond donors (Lipinski definition) is 0. The van der Waals surface area contributed by atoms with Crippen molar-refractivity contribution in [2.24, 2.45) is 0 Å². The molecule has 7 heteroatoms. The van der Waals surface area contributed by atoms with Gasteiger partial charge in [0.2, 0.25) is 5.91 Å². The van der Waals surface area contributed by atoms with Crippen molar-refractivity contribution in [3.8, 4) is 0 Å². The Morgan fingerprint density at radius 1 is 1.19 bits per heavy atom. The smallest absolute Gasteiger partial charge is 0.258 e. The van der Waals surface area contributed by atoms with Gasteiger partial charge in [-0.2, -0.15) is 0 Å². The van der Waals surface area contributed by atoms with Crippen LogP contribution in [0.3, 0.4) is 0 Å². The first-order chi connectivity index (χ1) is 13.0. The molecule has 27 heavy (non-hydrogen) atoms. The van der Waals surface area contributed by atoms with E-state index < -0.39 is 5.54 Å². The molecule has 4 heterocycles. The fourth-order valence-corrected chi connectivity index (χ4v) is 4.80. The first kappa shape index (κ1) is 18.4. The van der Waals surface area contributed by atoms with E-state index in [-0.39, 0.29) is 11.5 Å². The number of fused-ring (bicyclic) bond motifs is 1. The van der Waals surface area contributed by atoms with Crippen LogP contribution >= 0.6 is 11.6 Å². The van der Waals surface area contributed by atoms with E-state index in [4.69, 9.17) is 11.6 Å². The molecule has 6 nitrogen and oxygen atoms in total. The summed E-state index contributed by atoms with van der Waals surface area (Å²) >= 11 is 5.98. The molecule has 2 saturated heterocycles. The molecule has 2 aliphatic heterocycles. The van der Waals surface area contributed by atoms with Gasteiger partial charge in [-0.3, -0.25) is 18.9 Å². The molecule has 1 unspecified atom stereocenters. The Morgan fingerprint density at radius 3 is 2.74 bits per heavy atom. The van der Waals surface area contributed by atoms with Gasteiger partial charge in [0, 0.05) is 31.9 Å². The third-order valence-electron chi connectivity index (χ3n) is 5.85. The van der Waals surface area contributed by atoms with Crippen LogP contribution in [0.1, 0.15) is 44.7 Å². The summed E-state index contributed by atoms with van der Waals surface area (Å²) in [6, 6.07) is 5.05. The number of amides is 1. The van der Waals surface area contributed by atoms with Gasteiger partial charge in [0.05, 0.1) is 10.7 Å². The Kier molecular flexibility index (Phi) is 4.95. The van der Waals surface area contributed by atoms with Crippen LogP contribution in [0.15, 0.2) is 29.2 Å². The van der Waals surface area contributed by atoms with Gasteiger partial charge in [-0.05, 0) is 50.8 Å². The lowest BCUT2D eigenvalue weighted by Crippen LogP contribution is -2.59. The molecule has 1 spiro atoms. The van der Waals surface area contributed by atoms with Gasteiger partial charge in [0.25, 0.3) is 5.56 Å². The summed E-state index contributed by atoms with van der Waals surface area (Å²) in [5.74, 6) is 0.261. The van der Waals surface area contributed by atoms with Gasteiger partial charge in [-0.1, -0.05) is 18.5 Å². The molecule has 0 aliphatic carbocycles. The molecule has 0 aromatic carbocycles. The lowest BCUT2D eigenvalue weighted by Gasteiger charge is -2.44. The van der Waals surface area contributed by atoms with E-state index in [0.29, 0.717) is 22.9 Å². The van der Waals surface area contributed by atoms with Crippen molar-refractivity contribution in [1.82, 2.24) is 19.2 Å². The number of hydrogen-bond acceptors (Lipinski definition) is 4. The minimum absolute atomic E-state index is 0.145. The minimum atomic E-state index is -0.416. The molecule has 1 amide bonds. The van der Waals surface area contributed by atoms with Gasteiger partial charge >= 0.3 is 0 Å². The largest absolute Gasteiger partial charge is 0.341 e. The van der Waals surface area contributed by atoms with Gasteiger partial charge < -0.3 is 4.90 Å². The lowest BCUT2D eigenvalue weighted by molar-refractivity contribution is -0.147. The predicted octanol–water partition coefficient (Wildman–Crippen LogP) is 2.71. The molecule has 2 aromatic heterocycles. The van der Waals surface area contributed by atoms with Crippen LogP contribution < -0.4 is 5.56 Å². The van der Waals surface area contributed by atoms with Gasteiger partial charge in [-0.15, -0.1) is 0 Å². The predicted molar refractivity (Wildman–Crippen MR) is 105 cm³/mol. The highest BCUT2D eigenvalue weighted by Crippen LogP contribution is 2.39. The number of piperidine rings is 1. The van der Waals surface area contributed by atoms with Crippen LogP contribution in [0.4, 0.5) is 0 Å². The first-order valence-electron chi connectivity index (χ1n) is 9.76. The van der Waals surface area contributed by atoms with Crippen LogP contribution in [0.2, 0.25) is 5.02 Å². The van der Waals surface area contributed by atoms with Crippen molar-refractivity contribution in [2.75, 3.05) is 19.6 Å². The monoisotopic (exact) mass is 388 g/mol. The van der Waals surface area contributed by atoms with E-state index in [1.807, 2.05) is 4.90 Å². The summed E-state index contributed by atoms with van der Waals surface area (Å²) in [5, 5.41) is 0.501. The third-order valence-corrected chi connectivity index (χ3v) is 6.07. The van der Waals surface area contributed by atoms with Crippen LogP contribution in [-0.4, -0.2) is 50.3 Å². The van der Waals surface area contributed by atoms with Crippen molar-refractivity contribution in [2.45, 2.75) is 51.1 Å². The molecule has 2 aliphatic rings. The van der Waals surface area contributed by atoms with Crippen molar-refractivity contribution in [1.29, 1.82) is 0 Å². The van der Waals surface area contributed by atoms with Gasteiger partial charge in [-0.25, -0.2) is 4.98 Å². The van der Waals surface area contributed by atoms with Crippen molar-refractivity contribution >= 4 is 23.2 Å². The fraction of sp³-hybridized carbons (Fsp3) is 0.550. The molecule has 0 radical (unpaired) electrons. The highest BCUT2D eigenvalue weighted by atomic mass is 35.5. The average Bonchev–Trinajstić information content (AvgIpc) is 3.03. The molecule has 4 rings (SSSR count). The van der Waals surface area contributed by atoms with Gasteiger partial charge in [0.15, 0.2) is 0 Å². The highest BCUT2D eigenvalue weighted by molar-refractivity contribution is 6.30. The maximum atomic E-state index is 13.2. The zero-order valence-corrected chi connectivity index (χ0v) is 16.4. The number of pyridine rings is 1. The standard InChI is InChI=1S/C20H25ClN4O2/c1-2-9-23-10-3-7-20(19(23)27)8-4-11-24(20)14-16-12-18(26)25-13-15(21)5-6-17(25)22-16/h5-6,12-13H,2-4,7-11,14H2,1H3. The summed E-state index contributed by atoms with van der Waals surface area (Å²) in [5.41, 5.74) is 0.732. The van der Waals surface area contributed by atoms with E-state index in [2.05, 4.69) is 16.8 Å². The number of nitrogens with zero attached hydrogens (tertiary/aromatic N) is 4. The number of rotatable bonds is 4. The number of carbonyl (C=O) groups excluding carboxylic acids is 1. The maximum absolute atomic E-state index is 13.2. The molecule has 1 atom stereocenters. The van der Waals surface area contributed by atoms with Crippen LogP contribution in [-0.2, 0) is 11.3 Å². The normalized spacial score (nSPS) is 23.6. The fourth-order valence-electron chi connectivity index (χ4n) is 4.64. The van der Waals surface area contributed by atoms with Crippen LogP contribution in [0.25, 0.3) is 5.65 Å². The van der Waals surface area contributed by atoms with E-state index in [1.165, 1.54) is 4.40 Å². The lowest BCUT2D eigenvalue weighted by atomic mass is 9.85. The number of carbonyl (C=O) groups is 1. The number of aromatic nitrogens is 2. The van der Waals surface area contributed by atoms with Crippen LogP contribution in [0, 0.1) is 0 Å². The van der Waals surface area contributed by atoms with E-state index in [1.54, 1.807) is 24.4 Å². The zero-order chi connectivity index (χ0) is 19.0. The molecule has 2 fully saturated rings. The summed E-state index contributed by atoms with van der Waals surface area (Å²) < 4.78 is 1.46. The molecular weight excluding hydrogens is 364 g/mol. The highest BCUT2D eigenvalue weighted by Gasteiger charge is 2.50. The maximum Gasteiger partial charge on any atom is 0.258 e. The summed E-state index contributed by atoms with van der Waals surface area (Å²) in [6.45, 7) is 5.19. The van der Waals surface area contributed by atoms with Crippen molar-refractivity contribution < 1.29 is 4.79 Å². The third kappa shape index (κ3) is 3.25. The molecule has 0 N–H and O–H groups in total. The Hall–Kier alpha value is -1.92. The number of likely N-dealkylation sites (tertiary alicyclic amines) is 2. The zero-order valence-electron chi connectivity index (χ0n) is 15.7. The van der Waals surface area contributed by atoms with Crippen LogP contribution in [0.5, 0.6) is 0 Å². The molecule has 0 saturated carbocycles. The second kappa shape index (κ2) is 7.24. The second-order valence-corrected chi connectivity index (χ2v) is 8.05. The van der Waals surface area contributed by atoms with Crippen molar-refractivity contribution in [3.63, 3.8) is 0 Å². The number of halogens is 1. The molecule has 144 valence electrons. The Bertz CT molecular complexity index is 926. The Balaban J connectivity index is 1.64. The SMILES string of the molecule is CCCN1CCCC2(CCCN2Cc2cc(=O)n3cc(Cl)ccc3n2)C1=O.